The van der Waals surface area contributed by atoms with Crippen molar-refractivity contribution < 1.29 is 14.6 Å². The largest absolute Gasteiger partial charge is 0.381 e. The first-order chi connectivity index (χ1) is 14.1. The topological polar surface area (TPSA) is 115 Å². The number of aromatic amines is 1. The van der Waals surface area contributed by atoms with Crippen LogP contribution in [0.25, 0.3) is 22.6 Å². The van der Waals surface area contributed by atoms with Crippen LogP contribution in [0.15, 0.2) is 29.3 Å². The highest BCUT2D eigenvalue weighted by atomic mass is 16.5. The van der Waals surface area contributed by atoms with Crippen LogP contribution in [0.1, 0.15) is 25.0 Å². The highest BCUT2D eigenvalue weighted by Crippen LogP contribution is 2.29. The molecule has 3 aromatic heterocycles. The highest BCUT2D eigenvalue weighted by molar-refractivity contribution is 5.70. The first kappa shape index (κ1) is 18.4. The van der Waals surface area contributed by atoms with Crippen molar-refractivity contribution in [1.29, 1.82) is 0 Å². The SMILES string of the molecule is O=c1[nH]c2ncc(-c3ccc(C4(O)COC4)nc3)nc2n1CCC1CCOCC1. The molecule has 9 heteroatoms. The molecule has 152 valence electrons. The maximum Gasteiger partial charge on any atom is 0.328 e. The predicted octanol–water partition coefficient (Wildman–Crippen LogP) is 1.22. The van der Waals surface area contributed by atoms with Crippen LogP contribution in [0.5, 0.6) is 0 Å². The molecular formula is C20H23N5O4. The van der Waals surface area contributed by atoms with Crippen LogP contribution in [-0.4, -0.2) is 56.0 Å². The van der Waals surface area contributed by atoms with Crippen LogP contribution in [0.4, 0.5) is 0 Å². The molecule has 0 amide bonds. The van der Waals surface area contributed by atoms with Crippen LogP contribution < -0.4 is 5.69 Å². The number of pyridine rings is 1. The van der Waals surface area contributed by atoms with E-state index in [-0.39, 0.29) is 18.9 Å². The molecule has 9 nitrogen and oxygen atoms in total. The lowest BCUT2D eigenvalue weighted by molar-refractivity contribution is -0.186. The summed E-state index contributed by atoms with van der Waals surface area (Å²) in [7, 11) is 0. The summed E-state index contributed by atoms with van der Waals surface area (Å²) in [5, 5.41) is 10.3. The molecule has 5 rings (SSSR count). The Hall–Kier alpha value is -2.62. The molecule has 2 saturated heterocycles. The number of nitrogens with one attached hydrogen (secondary N) is 1. The van der Waals surface area contributed by atoms with Gasteiger partial charge in [-0.2, -0.15) is 0 Å². The lowest BCUT2D eigenvalue weighted by Gasteiger charge is -2.35. The monoisotopic (exact) mass is 397 g/mol. The van der Waals surface area contributed by atoms with Gasteiger partial charge in [-0.25, -0.2) is 14.8 Å². The first-order valence-electron chi connectivity index (χ1n) is 9.93. The summed E-state index contributed by atoms with van der Waals surface area (Å²) < 4.78 is 12.2. The Kier molecular flexibility index (Phi) is 4.65. The second-order valence-electron chi connectivity index (χ2n) is 7.81. The summed E-state index contributed by atoms with van der Waals surface area (Å²) in [4.78, 5) is 28.6. The van der Waals surface area contributed by atoms with Gasteiger partial charge < -0.3 is 14.6 Å². The Morgan fingerprint density at radius 1 is 1.17 bits per heavy atom. The minimum Gasteiger partial charge on any atom is -0.381 e. The predicted molar refractivity (Wildman–Crippen MR) is 104 cm³/mol. The number of nitrogens with zero attached hydrogens (tertiary/aromatic N) is 4. The number of rotatable bonds is 5. The van der Waals surface area contributed by atoms with Gasteiger partial charge in [0.2, 0.25) is 0 Å². The van der Waals surface area contributed by atoms with E-state index < -0.39 is 5.60 Å². The summed E-state index contributed by atoms with van der Waals surface area (Å²) in [5.74, 6) is 0.565. The van der Waals surface area contributed by atoms with Crippen molar-refractivity contribution in [1.82, 2.24) is 24.5 Å². The standard InChI is InChI=1S/C20H23N5O4/c26-19-24-17-18(25(19)6-3-13-4-7-28-8-5-13)23-15(10-22-17)14-1-2-16(21-9-14)20(27)11-29-12-20/h1-2,9-10,13,27H,3-8,11-12H2,(H,22,24,26). The van der Waals surface area contributed by atoms with E-state index in [2.05, 4.69) is 19.9 Å². The maximum atomic E-state index is 12.4. The third kappa shape index (κ3) is 3.45. The fraction of sp³-hybridized carbons (Fsp3) is 0.500. The molecule has 2 fully saturated rings. The minimum atomic E-state index is -1.00. The lowest BCUT2D eigenvalue weighted by atomic mass is 9.96. The highest BCUT2D eigenvalue weighted by Gasteiger charge is 2.39. The third-order valence-electron chi connectivity index (χ3n) is 5.80. The van der Waals surface area contributed by atoms with Crippen molar-refractivity contribution in [3.05, 3.63) is 40.7 Å². The van der Waals surface area contributed by atoms with Crippen molar-refractivity contribution >= 4 is 11.3 Å². The Labute approximate surface area is 166 Å². The summed E-state index contributed by atoms with van der Waals surface area (Å²) in [6.45, 7) is 2.71. The number of imidazole rings is 1. The quantitative estimate of drug-likeness (QED) is 0.665. The van der Waals surface area contributed by atoms with E-state index in [9.17, 15) is 9.90 Å². The molecule has 0 saturated carbocycles. The average molecular weight is 397 g/mol. The summed E-state index contributed by atoms with van der Waals surface area (Å²) in [6.07, 6.45) is 6.27. The van der Waals surface area contributed by atoms with Gasteiger partial charge >= 0.3 is 5.69 Å². The van der Waals surface area contributed by atoms with Crippen molar-refractivity contribution in [3.63, 3.8) is 0 Å². The van der Waals surface area contributed by atoms with Gasteiger partial charge in [-0.1, -0.05) is 0 Å². The summed E-state index contributed by atoms with van der Waals surface area (Å²) in [5.41, 5.74) is 1.83. The van der Waals surface area contributed by atoms with Crippen LogP contribution >= 0.6 is 0 Å². The van der Waals surface area contributed by atoms with E-state index >= 15 is 0 Å². The van der Waals surface area contributed by atoms with Gasteiger partial charge in [-0.3, -0.25) is 14.5 Å². The molecule has 3 aromatic rings. The smallest absolute Gasteiger partial charge is 0.328 e. The molecule has 0 spiro atoms. The van der Waals surface area contributed by atoms with E-state index in [4.69, 9.17) is 9.47 Å². The molecule has 0 atom stereocenters. The molecular weight excluding hydrogens is 374 g/mol. The van der Waals surface area contributed by atoms with E-state index in [0.29, 0.717) is 35.1 Å². The van der Waals surface area contributed by atoms with Crippen LogP contribution in [0, 0.1) is 5.92 Å². The molecule has 0 unspecified atom stereocenters. The molecule has 2 aliphatic heterocycles. The fourth-order valence-electron chi connectivity index (χ4n) is 3.88. The van der Waals surface area contributed by atoms with Gasteiger partial charge in [0, 0.05) is 31.5 Å². The molecule has 0 radical (unpaired) electrons. The summed E-state index contributed by atoms with van der Waals surface area (Å²) >= 11 is 0. The van der Waals surface area contributed by atoms with E-state index in [0.717, 1.165) is 38.0 Å². The van der Waals surface area contributed by atoms with Gasteiger partial charge in [0.25, 0.3) is 0 Å². The molecule has 5 heterocycles. The van der Waals surface area contributed by atoms with Gasteiger partial charge in [-0.05, 0) is 37.3 Å². The van der Waals surface area contributed by atoms with E-state index in [1.807, 2.05) is 6.07 Å². The van der Waals surface area contributed by atoms with Crippen molar-refractivity contribution in [2.24, 2.45) is 5.92 Å². The normalized spacial score (nSPS) is 19.3. The lowest BCUT2D eigenvalue weighted by Crippen LogP contribution is -2.47. The second-order valence-corrected chi connectivity index (χ2v) is 7.81. The number of aliphatic hydroxyl groups is 1. The Morgan fingerprint density at radius 3 is 2.69 bits per heavy atom. The zero-order valence-corrected chi connectivity index (χ0v) is 16.0. The van der Waals surface area contributed by atoms with Gasteiger partial charge in [0.1, 0.15) is 0 Å². The van der Waals surface area contributed by atoms with E-state index in [1.165, 1.54) is 0 Å². The minimum absolute atomic E-state index is 0.190. The number of ether oxygens (including phenoxy) is 2. The molecule has 0 aliphatic carbocycles. The summed E-state index contributed by atoms with van der Waals surface area (Å²) in [6, 6.07) is 3.63. The maximum absolute atomic E-state index is 12.4. The molecule has 2 N–H and O–H groups in total. The molecule has 2 aliphatic rings. The van der Waals surface area contributed by atoms with Crippen molar-refractivity contribution in [2.45, 2.75) is 31.4 Å². The zero-order valence-electron chi connectivity index (χ0n) is 16.0. The van der Waals surface area contributed by atoms with Gasteiger partial charge in [-0.15, -0.1) is 0 Å². The number of H-pyrrole nitrogens is 1. The number of hydrogen-bond donors (Lipinski definition) is 2. The Morgan fingerprint density at radius 2 is 2.00 bits per heavy atom. The zero-order chi connectivity index (χ0) is 19.8. The first-order valence-corrected chi connectivity index (χ1v) is 9.93. The van der Waals surface area contributed by atoms with Crippen molar-refractivity contribution in [2.75, 3.05) is 26.4 Å². The van der Waals surface area contributed by atoms with E-state index in [1.54, 1.807) is 23.0 Å². The van der Waals surface area contributed by atoms with Crippen LogP contribution in [-0.2, 0) is 21.6 Å². The average Bonchev–Trinajstić information content (AvgIpc) is 3.05. The van der Waals surface area contributed by atoms with Crippen LogP contribution in [0.2, 0.25) is 0 Å². The number of hydrogen-bond acceptors (Lipinski definition) is 7. The van der Waals surface area contributed by atoms with Crippen LogP contribution in [0.3, 0.4) is 0 Å². The van der Waals surface area contributed by atoms with Crippen molar-refractivity contribution in [3.8, 4) is 11.3 Å². The number of fused-ring (bicyclic) bond motifs is 1. The number of aryl methyl sites for hydroxylation is 1. The Bertz CT molecular complexity index is 1060. The Balaban J connectivity index is 1.41. The molecule has 29 heavy (non-hydrogen) atoms. The van der Waals surface area contributed by atoms with Gasteiger partial charge in [0.05, 0.1) is 30.8 Å². The third-order valence-corrected chi connectivity index (χ3v) is 5.80. The number of aromatic nitrogens is 5. The molecule has 0 aromatic carbocycles. The van der Waals surface area contributed by atoms with Gasteiger partial charge in [0.15, 0.2) is 16.9 Å². The fourth-order valence-corrected chi connectivity index (χ4v) is 3.88. The second kappa shape index (κ2) is 7.33. The molecule has 0 bridgehead atoms.